The van der Waals surface area contributed by atoms with Crippen molar-refractivity contribution in [3.8, 4) is 0 Å². The van der Waals surface area contributed by atoms with Crippen LogP contribution in [0.15, 0.2) is 15.9 Å². The van der Waals surface area contributed by atoms with Gasteiger partial charge in [-0.15, -0.1) is 11.3 Å². The van der Waals surface area contributed by atoms with Crippen molar-refractivity contribution in [2.75, 3.05) is 26.8 Å². The van der Waals surface area contributed by atoms with Crippen molar-refractivity contribution >= 4 is 33.2 Å². The Morgan fingerprint density at radius 2 is 2.33 bits per heavy atom. The molecule has 1 atom stereocenters. The highest BCUT2D eigenvalue weighted by molar-refractivity contribution is 9.10. The van der Waals surface area contributed by atoms with Crippen molar-refractivity contribution in [2.24, 2.45) is 0 Å². The number of methoxy groups -OCH3 is 1. The predicted molar refractivity (Wildman–Crippen MR) is 77.9 cm³/mol. The van der Waals surface area contributed by atoms with Crippen molar-refractivity contribution in [1.29, 1.82) is 0 Å². The third-order valence-electron chi connectivity index (χ3n) is 2.47. The molecule has 102 valence electrons. The number of carbonyl (C=O) groups is 1. The first-order chi connectivity index (χ1) is 8.65. The first-order valence-corrected chi connectivity index (χ1v) is 7.54. The Kier molecular flexibility index (Phi) is 7.50. The molecule has 0 saturated heterocycles. The van der Waals surface area contributed by atoms with Gasteiger partial charge in [0.2, 0.25) is 5.91 Å². The van der Waals surface area contributed by atoms with Crippen molar-refractivity contribution < 1.29 is 9.53 Å². The number of nitrogens with one attached hydrogen (secondary N) is 2. The van der Waals surface area contributed by atoms with Gasteiger partial charge in [0.15, 0.2) is 0 Å². The summed E-state index contributed by atoms with van der Waals surface area (Å²) in [5.41, 5.74) is 0. The molecular weight excluding hydrogens is 316 g/mol. The summed E-state index contributed by atoms with van der Waals surface area (Å²) in [6.07, 6.45) is 0.483. The second-order valence-corrected chi connectivity index (χ2v) is 5.70. The standard InChI is InChI=1S/C12H19BrN2O2S/c1-9(12-10(13)4-8-18-12)14-5-3-11(16)15-6-7-17-2/h4,8-9,14H,3,5-7H2,1-2H3,(H,15,16). The van der Waals surface area contributed by atoms with E-state index in [0.29, 0.717) is 26.1 Å². The van der Waals surface area contributed by atoms with Crippen molar-refractivity contribution in [1.82, 2.24) is 10.6 Å². The minimum absolute atomic E-state index is 0.0528. The molecule has 0 fully saturated rings. The molecule has 0 saturated carbocycles. The molecular formula is C12H19BrN2O2S. The van der Waals surface area contributed by atoms with Gasteiger partial charge in [-0.05, 0) is 34.3 Å². The van der Waals surface area contributed by atoms with E-state index < -0.39 is 0 Å². The molecule has 1 amide bonds. The molecule has 1 heterocycles. The maximum absolute atomic E-state index is 11.4. The lowest BCUT2D eigenvalue weighted by Crippen LogP contribution is -2.30. The zero-order valence-corrected chi connectivity index (χ0v) is 13.1. The Bertz CT molecular complexity index is 371. The van der Waals surface area contributed by atoms with Gasteiger partial charge in [-0.25, -0.2) is 0 Å². The highest BCUT2D eigenvalue weighted by Crippen LogP contribution is 2.28. The Morgan fingerprint density at radius 1 is 1.56 bits per heavy atom. The smallest absolute Gasteiger partial charge is 0.221 e. The molecule has 18 heavy (non-hydrogen) atoms. The molecule has 0 aliphatic heterocycles. The molecule has 0 aliphatic rings. The van der Waals surface area contributed by atoms with Crippen LogP contribution < -0.4 is 10.6 Å². The minimum atomic E-state index is 0.0528. The Labute approximate surface area is 120 Å². The van der Waals surface area contributed by atoms with Gasteiger partial charge in [0.1, 0.15) is 0 Å². The third-order valence-corrected chi connectivity index (χ3v) is 4.52. The Morgan fingerprint density at radius 3 is 2.94 bits per heavy atom. The molecule has 0 spiro atoms. The minimum Gasteiger partial charge on any atom is -0.383 e. The summed E-state index contributed by atoms with van der Waals surface area (Å²) < 4.78 is 5.99. The second-order valence-electron chi connectivity index (χ2n) is 3.90. The number of ether oxygens (including phenoxy) is 1. The zero-order valence-electron chi connectivity index (χ0n) is 10.7. The zero-order chi connectivity index (χ0) is 13.4. The molecule has 0 bridgehead atoms. The molecule has 1 aromatic heterocycles. The van der Waals surface area contributed by atoms with Gasteiger partial charge in [0, 0.05) is 42.0 Å². The lowest BCUT2D eigenvalue weighted by atomic mass is 10.2. The van der Waals surface area contributed by atoms with E-state index >= 15 is 0 Å². The highest BCUT2D eigenvalue weighted by atomic mass is 79.9. The second kappa shape index (κ2) is 8.63. The average molecular weight is 335 g/mol. The van der Waals surface area contributed by atoms with Crippen LogP contribution in [0.25, 0.3) is 0 Å². The fourth-order valence-electron chi connectivity index (χ4n) is 1.49. The number of thiophene rings is 1. The van der Waals surface area contributed by atoms with Crippen LogP contribution in [0.3, 0.4) is 0 Å². The molecule has 1 unspecified atom stereocenters. The summed E-state index contributed by atoms with van der Waals surface area (Å²) in [7, 11) is 1.62. The van der Waals surface area contributed by atoms with E-state index in [1.165, 1.54) is 4.88 Å². The molecule has 0 aromatic carbocycles. The number of amides is 1. The maximum Gasteiger partial charge on any atom is 0.221 e. The Hall–Kier alpha value is -0.430. The summed E-state index contributed by atoms with van der Waals surface area (Å²) in [6, 6.07) is 2.29. The monoisotopic (exact) mass is 334 g/mol. The van der Waals surface area contributed by atoms with Crippen molar-refractivity contribution in [2.45, 2.75) is 19.4 Å². The van der Waals surface area contributed by atoms with Crippen LogP contribution in [-0.4, -0.2) is 32.7 Å². The third kappa shape index (κ3) is 5.48. The summed E-state index contributed by atoms with van der Waals surface area (Å²) in [6.45, 7) is 3.89. The van der Waals surface area contributed by atoms with Crippen LogP contribution >= 0.6 is 27.3 Å². The summed E-state index contributed by atoms with van der Waals surface area (Å²) >= 11 is 5.21. The van der Waals surface area contributed by atoms with Gasteiger partial charge in [0.05, 0.1) is 6.61 Å². The van der Waals surface area contributed by atoms with Crippen LogP contribution in [0.4, 0.5) is 0 Å². The van der Waals surface area contributed by atoms with Gasteiger partial charge in [0.25, 0.3) is 0 Å². The molecule has 0 radical (unpaired) electrons. The van der Waals surface area contributed by atoms with Crippen molar-refractivity contribution in [3.05, 3.63) is 20.8 Å². The maximum atomic E-state index is 11.4. The lowest BCUT2D eigenvalue weighted by molar-refractivity contribution is -0.121. The number of hydrogen-bond acceptors (Lipinski definition) is 4. The largest absolute Gasteiger partial charge is 0.383 e. The van der Waals surface area contributed by atoms with Crippen LogP contribution in [0.2, 0.25) is 0 Å². The van der Waals surface area contributed by atoms with Gasteiger partial charge >= 0.3 is 0 Å². The fourth-order valence-corrected chi connectivity index (χ4v) is 3.24. The van der Waals surface area contributed by atoms with E-state index in [-0.39, 0.29) is 11.9 Å². The van der Waals surface area contributed by atoms with Gasteiger partial charge in [-0.1, -0.05) is 0 Å². The molecule has 1 aromatic rings. The first kappa shape index (κ1) is 15.6. The van der Waals surface area contributed by atoms with E-state index in [1.807, 2.05) is 6.07 Å². The number of rotatable bonds is 8. The van der Waals surface area contributed by atoms with Crippen LogP contribution in [-0.2, 0) is 9.53 Å². The highest BCUT2D eigenvalue weighted by Gasteiger charge is 2.10. The van der Waals surface area contributed by atoms with E-state index in [1.54, 1.807) is 18.4 Å². The summed E-state index contributed by atoms with van der Waals surface area (Å²) in [5.74, 6) is 0.0528. The topological polar surface area (TPSA) is 50.4 Å². The molecule has 0 aliphatic carbocycles. The molecule has 1 rings (SSSR count). The summed E-state index contributed by atoms with van der Waals surface area (Å²) in [4.78, 5) is 12.7. The fraction of sp³-hybridized carbons (Fsp3) is 0.583. The molecule has 2 N–H and O–H groups in total. The normalized spacial score (nSPS) is 12.4. The first-order valence-electron chi connectivity index (χ1n) is 5.87. The van der Waals surface area contributed by atoms with Gasteiger partial charge < -0.3 is 15.4 Å². The van der Waals surface area contributed by atoms with E-state index in [0.717, 1.165) is 4.47 Å². The quantitative estimate of drug-likeness (QED) is 0.717. The van der Waals surface area contributed by atoms with Crippen LogP contribution in [0.5, 0.6) is 0 Å². The summed E-state index contributed by atoms with van der Waals surface area (Å²) in [5, 5.41) is 8.18. The van der Waals surface area contributed by atoms with Gasteiger partial charge in [-0.3, -0.25) is 4.79 Å². The lowest BCUT2D eigenvalue weighted by Gasteiger charge is -2.12. The van der Waals surface area contributed by atoms with E-state index in [9.17, 15) is 4.79 Å². The number of carbonyl (C=O) groups excluding carboxylic acids is 1. The molecule has 4 nitrogen and oxygen atoms in total. The number of halogens is 1. The predicted octanol–water partition coefficient (Wildman–Crippen LogP) is 2.31. The van der Waals surface area contributed by atoms with Crippen LogP contribution in [0, 0.1) is 0 Å². The van der Waals surface area contributed by atoms with Crippen LogP contribution in [0.1, 0.15) is 24.3 Å². The van der Waals surface area contributed by atoms with E-state index in [4.69, 9.17) is 4.74 Å². The van der Waals surface area contributed by atoms with Gasteiger partial charge in [-0.2, -0.15) is 0 Å². The number of hydrogen-bond donors (Lipinski definition) is 2. The SMILES string of the molecule is COCCNC(=O)CCNC(C)c1sccc1Br. The van der Waals surface area contributed by atoms with Crippen molar-refractivity contribution in [3.63, 3.8) is 0 Å². The van der Waals surface area contributed by atoms with E-state index in [2.05, 4.69) is 38.9 Å². The molecule has 6 heteroatoms. The average Bonchev–Trinajstić information content (AvgIpc) is 2.76. The Balaban J connectivity index is 2.18.